The van der Waals surface area contributed by atoms with Crippen LogP contribution in [0.4, 0.5) is 10.1 Å². The molecule has 2 N–H and O–H groups in total. The smallest absolute Gasteiger partial charge is 0.309 e. The molecule has 1 atom stereocenters. The number of anilines is 1. The molecule has 1 aromatic carbocycles. The molecule has 1 aromatic rings. The van der Waals surface area contributed by atoms with Crippen molar-refractivity contribution in [3.05, 3.63) is 42.2 Å². The lowest BCUT2D eigenvalue weighted by molar-refractivity contribution is -0.152. The van der Waals surface area contributed by atoms with E-state index in [4.69, 9.17) is 4.74 Å². The first kappa shape index (κ1) is 17.7. The minimum absolute atomic E-state index is 0.204. The third-order valence-electron chi connectivity index (χ3n) is 3.52. The van der Waals surface area contributed by atoms with Crippen molar-refractivity contribution in [1.29, 1.82) is 0 Å². The van der Waals surface area contributed by atoms with Crippen LogP contribution < -0.4 is 10.6 Å². The van der Waals surface area contributed by atoms with Crippen molar-refractivity contribution in [2.75, 3.05) is 18.5 Å². The lowest BCUT2D eigenvalue weighted by Crippen LogP contribution is -2.36. The van der Waals surface area contributed by atoms with Crippen LogP contribution in [0.25, 0.3) is 0 Å². The zero-order chi connectivity index (χ0) is 17.4. The second kappa shape index (κ2) is 8.81. The Labute approximate surface area is 139 Å². The Morgan fingerprint density at radius 2 is 1.88 bits per heavy atom. The lowest BCUT2D eigenvalue weighted by Gasteiger charge is -2.16. The summed E-state index contributed by atoms with van der Waals surface area (Å²) in [4.78, 5) is 35.0. The number of benzene rings is 1. The number of nitrogens with one attached hydrogen (secondary N) is 2. The summed E-state index contributed by atoms with van der Waals surface area (Å²) in [7, 11) is 0. The number of hydrogen-bond acceptors (Lipinski definition) is 4. The molecule has 2 rings (SSSR count). The van der Waals surface area contributed by atoms with Crippen molar-refractivity contribution in [3.8, 4) is 0 Å². The number of carbonyl (C=O) groups is 3. The summed E-state index contributed by atoms with van der Waals surface area (Å²) in [5, 5.41) is 4.86. The minimum Gasteiger partial charge on any atom is -0.455 e. The molecule has 0 aromatic heterocycles. The average Bonchev–Trinajstić information content (AvgIpc) is 2.60. The number of hydrogen-bond donors (Lipinski definition) is 2. The lowest BCUT2D eigenvalue weighted by atomic mass is 9.95. The van der Waals surface area contributed by atoms with Crippen molar-refractivity contribution in [1.82, 2.24) is 5.32 Å². The summed E-state index contributed by atoms with van der Waals surface area (Å²) in [5.74, 6) is -2.02. The summed E-state index contributed by atoms with van der Waals surface area (Å²) in [6.07, 6.45) is 6.11. The molecule has 7 heteroatoms. The molecule has 0 heterocycles. The van der Waals surface area contributed by atoms with Gasteiger partial charge in [-0.25, -0.2) is 4.39 Å². The summed E-state index contributed by atoms with van der Waals surface area (Å²) < 4.78 is 17.7. The highest BCUT2D eigenvalue weighted by Gasteiger charge is 2.21. The van der Waals surface area contributed by atoms with E-state index >= 15 is 0 Å². The third kappa shape index (κ3) is 5.83. The summed E-state index contributed by atoms with van der Waals surface area (Å²) >= 11 is 0. The minimum atomic E-state index is -0.552. The number of amides is 2. The molecule has 0 fully saturated rings. The van der Waals surface area contributed by atoms with Gasteiger partial charge in [0, 0.05) is 5.69 Å². The van der Waals surface area contributed by atoms with Gasteiger partial charge in [0.05, 0.1) is 12.5 Å². The van der Waals surface area contributed by atoms with E-state index in [1.54, 1.807) is 0 Å². The SMILES string of the molecule is O=C(COC(=O)[C@@H]1CC=CCC1)NCC(=O)Nc1ccc(F)cc1. The predicted molar refractivity (Wildman–Crippen MR) is 85.5 cm³/mol. The van der Waals surface area contributed by atoms with E-state index in [-0.39, 0.29) is 12.5 Å². The maximum atomic E-state index is 12.7. The fourth-order valence-electron chi connectivity index (χ4n) is 2.23. The first-order valence-corrected chi connectivity index (χ1v) is 7.68. The van der Waals surface area contributed by atoms with Gasteiger partial charge in [-0.2, -0.15) is 0 Å². The molecule has 0 aliphatic heterocycles. The van der Waals surface area contributed by atoms with Crippen LogP contribution in [0.15, 0.2) is 36.4 Å². The van der Waals surface area contributed by atoms with Gasteiger partial charge in [0.25, 0.3) is 5.91 Å². The number of halogens is 1. The molecule has 1 aliphatic carbocycles. The Kier molecular flexibility index (Phi) is 6.48. The van der Waals surface area contributed by atoms with Crippen molar-refractivity contribution < 1.29 is 23.5 Å². The van der Waals surface area contributed by atoms with E-state index < -0.39 is 30.2 Å². The van der Waals surface area contributed by atoms with Crippen molar-refractivity contribution in [2.24, 2.45) is 5.92 Å². The van der Waals surface area contributed by atoms with Gasteiger partial charge in [0.15, 0.2) is 6.61 Å². The molecule has 0 bridgehead atoms. The average molecular weight is 334 g/mol. The topological polar surface area (TPSA) is 84.5 Å². The first-order chi connectivity index (χ1) is 11.5. The second-order valence-corrected chi connectivity index (χ2v) is 5.42. The molecule has 0 saturated heterocycles. The van der Waals surface area contributed by atoms with Crippen LogP contribution in [0.3, 0.4) is 0 Å². The van der Waals surface area contributed by atoms with Crippen molar-refractivity contribution >= 4 is 23.5 Å². The van der Waals surface area contributed by atoms with Crippen molar-refractivity contribution in [3.63, 3.8) is 0 Å². The normalized spacial score (nSPS) is 16.3. The first-order valence-electron chi connectivity index (χ1n) is 7.68. The van der Waals surface area contributed by atoms with Crippen LogP contribution in [-0.4, -0.2) is 30.9 Å². The summed E-state index contributed by atoms with van der Waals surface area (Å²) in [6, 6.07) is 5.26. The van der Waals surface area contributed by atoms with Gasteiger partial charge in [-0.1, -0.05) is 12.2 Å². The molecule has 0 unspecified atom stereocenters. The number of ether oxygens (including phenoxy) is 1. The van der Waals surface area contributed by atoms with Crippen LogP contribution in [0, 0.1) is 11.7 Å². The van der Waals surface area contributed by atoms with E-state index in [1.807, 2.05) is 12.2 Å². The fourth-order valence-corrected chi connectivity index (χ4v) is 2.23. The Balaban J connectivity index is 1.65. The highest BCUT2D eigenvalue weighted by Crippen LogP contribution is 2.19. The zero-order valence-electron chi connectivity index (χ0n) is 13.1. The van der Waals surface area contributed by atoms with Gasteiger partial charge in [-0.3, -0.25) is 14.4 Å². The van der Waals surface area contributed by atoms with Gasteiger partial charge >= 0.3 is 5.97 Å². The Morgan fingerprint density at radius 1 is 1.12 bits per heavy atom. The quantitative estimate of drug-likeness (QED) is 0.613. The Bertz CT molecular complexity index is 628. The molecule has 0 spiro atoms. The van der Waals surface area contributed by atoms with Crippen LogP contribution in [0.5, 0.6) is 0 Å². The summed E-state index contributed by atoms with van der Waals surface area (Å²) in [6.45, 7) is -0.678. The maximum absolute atomic E-state index is 12.7. The van der Waals surface area contributed by atoms with E-state index in [2.05, 4.69) is 10.6 Å². The van der Waals surface area contributed by atoms with Crippen LogP contribution in [0.1, 0.15) is 19.3 Å². The predicted octanol–water partition coefficient (Wildman–Crippen LogP) is 1.78. The highest BCUT2D eigenvalue weighted by atomic mass is 19.1. The van der Waals surface area contributed by atoms with Gasteiger partial charge in [-0.15, -0.1) is 0 Å². The van der Waals surface area contributed by atoms with Gasteiger partial charge in [0.2, 0.25) is 5.91 Å². The van der Waals surface area contributed by atoms with Gasteiger partial charge < -0.3 is 15.4 Å². The van der Waals surface area contributed by atoms with Gasteiger partial charge in [-0.05, 0) is 43.5 Å². The Morgan fingerprint density at radius 3 is 2.54 bits per heavy atom. The van der Waals surface area contributed by atoms with Crippen molar-refractivity contribution in [2.45, 2.75) is 19.3 Å². The van der Waals surface area contributed by atoms with E-state index in [1.165, 1.54) is 24.3 Å². The van der Waals surface area contributed by atoms with Gasteiger partial charge in [0.1, 0.15) is 5.82 Å². The summed E-state index contributed by atoms with van der Waals surface area (Å²) in [5.41, 5.74) is 0.424. The number of carbonyl (C=O) groups excluding carboxylic acids is 3. The van der Waals surface area contributed by atoms with Crippen LogP contribution in [-0.2, 0) is 19.1 Å². The monoisotopic (exact) mass is 334 g/mol. The molecule has 0 radical (unpaired) electrons. The molecule has 0 saturated carbocycles. The highest BCUT2D eigenvalue weighted by molar-refractivity contribution is 5.94. The standard InChI is InChI=1S/C17H19FN2O4/c18-13-6-8-14(9-7-13)20-15(21)10-19-16(22)11-24-17(23)12-4-2-1-3-5-12/h1-2,6-9,12H,3-5,10-11H2,(H,19,22)(H,20,21)/t12-/m1/s1. The molecule has 24 heavy (non-hydrogen) atoms. The number of allylic oxidation sites excluding steroid dienone is 2. The zero-order valence-corrected chi connectivity index (χ0v) is 13.1. The molecule has 1 aliphatic rings. The van der Waals surface area contributed by atoms with E-state index in [0.717, 1.165) is 12.8 Å². The molecular weight excluding hydrogens is 315 g/mol. The molecule has 2 amide bonds. The maximum Gasteiger partial charge on any atom is 0.309 e. The molecular formula is C17H19FN2O4. The van der Waals surface area contributed by atoms with E-state index in [0.29, 0.717) is 12.1 Å². The van der Waals surface area contributed by atoms with Crippen LogP contribution in [0.2, 0.25) is 0 Å². The molecule has 6 nitrogen and oxygen atoms in total. The molecule has 128 valence electrons. The number of rotatable bonds is 6. The third-order valence-corrected chi connectivity index (χ3v) is 3.52. The number of esters is 1. The largest absolute Gasteiger partial charge is 0.455 e. The fraction of sp³-hybridized carbons (Fsp3) is 0.353. The Hall–Kier alpha value is -2.70. The van der Waals surface area contributed by atoms with Crippen LogP contribution >= 0.6 is 0 Å². The van der Waals surface area contributed by atoms with E-state index in [9.17, 15) is 18.8 Å². The second-order valence-electron chi connectivity index (χ2n) is 5.42.